The molecule has 0 aromatic carbocycles. The zero-order valence-corrected chi connectivity index (χ0v) is 12.2. The lowest BCUT2D eigenvalue weighted by atomic mass is 10.3. The molecule has 2 aromatic heterocycles. The fourth-order valence-corrected chi connectivity index (χ4v) is 1.94. The highest BCUT2D eigenvalue weighted by Gasteiger charge is 2.13. The van der Waals surface area contributed by atoms with Crippen LogP contribution < -0.4 is 10.6 Å². The van der Waals surface area contributed by atoms with Gasteiger partial charge in [-0.25, -0.2) is 0 Å². The van der Waals surface area contributed by atoms with Crippen LogP contribution in [0.15, 0.2) is 43.0 Å². The molecule has 0 aliphatic heterocycles. The summed E-state index contributed by atoms with van der Waals surface area (Å²) in [6.07, 6.45) is 7.96. The average molecular weight is 287 g/mol. The van der Waals surface area contributed by atoms with Crippen LogP contribution in [0.25, 0.3) is 0 Å². The Labute approximate surface area is 124 Å². The first-order valence-corrected chi connectivity index (χ1v) is 7.14. The number of rotatable bonds is 8. The summed E-state index contributed by atoms with van der Waals surface area (Å²) in [4.78, 5) is 16.0. The Morgan fingerprint density at radius 3 is 2.95 bits per heavy atom. The third kappa shape index (κ3) is 5.00. The van der Waals surface area contributed by atoms with E-state index in [0.717, 1.165) is 25.1 Å². The van der Waals surface area contributed by atoms with E-state index in [-0.39, 0.29) is 11.9 Å². The summed E-state index contributed by atoms with van der Waals surface area (Å²) in [7, 11) is 0. The summed E-state index contributed by atoms with van der Waals surface area (Å²) >= 11 is 0. The highest BCUT2D eigenvalue weighted by atomic mass is 16.2. The van der Waals surface area contributed by atoms with E-state index >= 15 is 0 Å². The third-order valence-electron chi connectivity index (χ3n) is 3.18. The van der Waals surface area contributed by atoms with Crippen LogP contribution in [-0.2, 0) is 11.3 Å². The van der Waals surface area contributed by atoms with Gasteiger partial charge in [-0.1, -0.05) is 6.07 Å². The standard InChI is InChI=1S/C15H21N5O/c1-13(20-10-4-9-19-20)15(21)18-8-3-7-17-12-14-5-2-6-16-11-14/h2,4-6,9-11,13,17H,3,7-8,12H2,1H3,(H,18,21). The molecule has 0 spiro atoms. The van der Waals surface area contributed by atoms with Crippen LogP contribution in [0.1, 0.15) is 24.9 Å². The predicted octanol–water partition coefficient (Wildman–Crippen LogP) is 1.14. The van der Waals surface area contributed by atoms with Gasteiger partial charge in [-0.2, -0.15) is 5.10 Å². The van der Waals surface area contributed by atoms with Crippen LogP contribution in [0, 0.1) is 0 Å². The Hall–Kier alpha value is -2.21. The number of hydrogen-bond acceptors (Lipinski definition) is 4. The highest BCUT2D eigenvalue weighted by Crippen LogP contribution is 2.02. The van der Waals surface area contributed by atoms with Crippen molar-refractivity contribution in [2.45, 2.75) is 25.9 Å². The van der Waals surface area contributed by atoms with Crippen molar-refractivity contribution in [1.29, 1.82) is 0 Å². The van der Waals surface area contributed by atoms with E-state index in [0.29, 0.717) is 6.54 Å². The van der Waals surface area contributed by atoms with Crippen LogP contribution in [-0.4, -0.2) is 33.8 Å². The van der Waals surface area contributed by atoms with Gasteiger partial charge in [0.1, 0.15) is 6.04 Å². The van der Waals surface area contributed by atoms with Gasteiger partial charge in [0.15, 0.2) is 0 Å². The second-order valence-electron chi connectivity index (χ2n) is 4.84. The zero-order chi connectivity index (χ0) is 14.9. The van der Waals surface area contributed by atoms with E-state index in [2.05, 4.69) is 20.7 Å². The second-order valence-corrected chi connectivity index (χ2v) is 4.84. The van der Waals surface area contributed by atoms with Crippen LogP contribution >= 0.6 is 0 Å². The summed E-state index contributed by atoms with van der Waals surface area (Å²) in [5.74, 6) is -0.00837. The van der Waals surface area contributed by atoms with Crippen molar-refractivity contribution in [3.63, 3.8) is 0 Å². The Morgan fingerprint density at radius 2 is 2.24 bits per heavy atom. The quantitative estimate of drug-likeness (QED) is 0.714. The van der Waals surface area contributed by atoms with Gasteiger partial charge in [-0.3, -0.25) is 14.5 Å². The lowest BCUT2D eigenvalue weighted by Gasteiger charge is -2.12. The molecular formula is C15H21N5O. The van der Waals surface area contributed by atoms with Gasteiger partial charge in [0.2, 0.25) is 5.91 Å². The summed E-state index contributed by atoms with van der Waals surface area (Å²) in [5, 5.41) is 10.3. The molecule has 0 aliphatic carbocycles. The van der Waals surface area contributed by atoms with E-state index in [4.69, 9.17) is 0 Å². The number of pyridine rings is 1. The Bertz CT molecular complexity index is 526. The van der Waals surface area contributed by atoms with Crippen molar-refractivity contribution in [3.05, 3.63) is 48.5 Å². The maximum atomic E-state index is 11.9. The lowest BCUT2D eigenvalue weighted by Crippen LogP contribution is -2.33. The first-order valence-electron chi connectivity index (χ1n) is 7.14. The number of carbonyl (C=O) groups is 1. The molecule has 112 valence electrons. The molecule has 21 heavy (non-hydrogen) atoms. The van der Waals surface area contributed by atoms with Crippen molar-refractivity contribution in [1.82, 2.24) is 25.4 Å². The van der Waals surface area contributed by atoms with E-state index in [1.54, 1.807) is 23.3 Å². The topological polar surface area (TPSA) is 71.8 Å². The molecule has 1 amide bonds. The minimum Gasteiger partial charge on any atom is -0.354 e. The Balaban J connectivity index is 1.56. The Kier molecular flexibility index (Phi) is 5.90. The molecule has 1 atom stereocenters. The first kappa shape index (κ1) is 15.2. The number of nitrogens with one attached hydrogen (secondary N) is 2. The molecule has 2 aromatic rings. The molecular weight excluding hydrogens is 266 g/mol. The predicted molar refractivity (Wildman–Crippen MR) is 80.5 cm³/mol. The molecule has 1 unspecified atom stereocenters. The summed E-state index contributed by atoms with van der Waals surface area (Å²) in [6.45, 7) is 4.14. The van der Waals surface area contributed by atoms with Crippen molar-refractivity contribution < 1.29 is 4.79 Å². The first-order chi connectivity index (χ1) is 10.3. The van der Waals surface area contributed by atoms with Crippen molar-refractivity contribution in [2.24, 2.45) is 0 Å². The van der Waals surface area contributed by atoms with Crippen molar-refractivity contribution >= 4 is 5.91 Å². The van der Waals surface area contributed by atoms with E-state index in [9.17, 15) is 4.79 Å². The smallest absolute Gasteiger partial charge is 0.244 e. The van der Waals surface area contributed by atoms with Gasteiger partial charge in [0, 0.05) is 37.9 Å². The van der Waals surface area contributed by atoms with Crippen molar-refractivity contribution in [3.8, 4) is 0 Å². The van der Waals surface area contributed by atoms with Gasteiger partial charge in [0.05, 0.1) is 0 Å². The lowest BCUT2D eigenvalue weighted by molar-refractivity contribution is -0.124. The minimum atomic E-state index is -0.275. The maximum absolute atomic E-state index is 11.9. The summed E-state index contributed by atoms with van der Waals surface area (Å²) in [6, 6.07) is 5.50. The molecule has 0 radical (unpaired) electrons. The fraction of sp³-hybridized carbons (Fsp3) is 0.400. The van der Waals surface area contributed by atoms with Gasteiger partial charge in [-0.05, 0) is 37.6 Å². The van der Waals surface area contributed by atoms with Gasteiger partial charge >= 0.3 is 0 Å². The Morgan fingerprint density at radius 1 is 1.33 bits per heavy atom. The monoisotopic (exact) mass is 287 g/mol. The van der Waals surface area contributed by atoms with E-state index in [1.807, 2.05) is 31.3 Å². The summed E-state index contributed by atoms with van der Waals surface area (Å²) in [5.41, 5.74) is 1.16. The van der Waals surface area contributed by atoms with Crippen molar-refractivity contribution in [2.75, 3.05) is 13.1 Å². The minimum absolute atomic E-state index is 0.00837. The molecule has 0 aliphatic rings. The number of amides is 1. The maximum Gasteiger partial charge on any atom is 0.244 e. The molecule has 6 heteroatoms. The molecule has 2 N–H and O–H groups in total. The van der Waals surface area contributed by atoms with E-state index < -0.39 is 0 Å². The fourth-order valence-electron chi connectivity index (χ4n) is 1.94. The third-order valence-corrected chi connectivity index (χ3v) is 3.18. The van der Waals surface area contributed by atoms with E-state index in [1.165, 1.54) is 0 Å². The summed E-state index contributed by atoms with van der Waals surface area (Å²) < 4.78 is 1.65. The zero-order valence-electron chi connectivity index (χ0n) is 12.2. The highest BCUT2D eigenvalue weighted by molar-refractivity contribution is 5.79. The van der Waals surface area contributed by atoms with Gasteiger partial charge in [0.25, 0.3) is 0 Å². The number of aromatic nitrogens is 3. The van der Waals surface area contributed by atoms with Gasteiger partial charge in [-0.15, -0.1) is 0 Å². The largest absolute Gasteiger partial charge is 0.354 e. The number of carbonyl (C=O) groups excluding carboxylic acids is 1. The second kappa shape index (κ2) is 8.16. The molecule has 0 fully saturated rings. The molecule has 2 rings (SSSR count). The van der Waals surface area contributed by atoms with Crippen LogP contribution in [0.4, 0.5) is 0 Å². The molecule has 6 nitrogen and oxygen atoms in total. The van der Waals surface area contributed by atoms with Crippen LogP contribution in [0.5, 0.6) is 0 Å². The van der Waals surface area contributed by atoms with Gasteiger partial charge < -0.3 is 10.6 Å². The normalized spacial score (nSPS) is 12.0. The average Bonchev–Trinajstić information content (AvgIpc) is 3.05. The van der Waals surface area contributed by atoms with Crippen LogP contribution in [0.3, 0.4) is 0 Å². The number of nitrogens with zero attached hydrogens (tertiary/aromatic N) is 3. The number of hydrogen-bond donors (Lipinski definition) is 2. The van der Waals surface area contributed by atoms with Crippen LogP contribution in [0.2, 0.25) is 0 Å². The molecule has 2 heterocycles. The molecule has 0 saturated heterocycles. The molecule has 0 bridgehead atoms. The molecule has 0 saturated carbocycles. The SMILES string of the molecule is CC(C(=O)NCCCNCc1cccnc1)n1cccn1.